The number of rotatable bonds is 0. The number of aromatic nitrogens is 2. The lowest BCUT2D eigenvalue weighted by atomic mass is 9.86. The molecule has 5 heteroatoms. The first kappa shape index (κ1) is 12.0. The quantitative estimate of drug-likeness (QED) is 0.734. The number of carbonyl (C=O) groups excluding carboxylic acids is 1. The molecule has 0 spiro atoms. The highest BCUT2D eigenvalue weighted by atomic mass is 16.2. The van der Waals surface area contributed by atoms with E-state index in [1.54, 1.807) is 6.92 Å². The topological polar surface area (TPSA) is 64.2 Å². The molecule has 0 unspecified atom stereocenters. The standard InChI is InChI=1S/C12H20N4O/c1-8(17)15-5-6-16-9(7-15)10(11(13)14-16)12(2,3)4/h5-7H2,1-4H3,(H2,13,14). The highest BCUT2D eigenvalue weighted by Crippen LogP contribution is 2.32. The van der Waals surface area contributed by atoms with E-state index < -0.39 is 0 Å². The zero-order valence-corrected chi connectivity index (χ0v) is 10.9. The molecular weight excluding hydrogens is 216 g/mol. The molecule has 94 valence electrons. The van der Waals surface area contributed by atoms with Gasteiger partial charge in [-0.2, -0.15) is 5.10 Å². The molecule has 1 aromatic rings. The molecule has 1 aromatic heterocycles. The van der Waals surface area contributed by atoms with Gasteiger partial charge in [-0.05, 0) is 5.41 Å². The van der Waals surface area contributed by atoms with Gasteiger partial charge < -0.3 is 10.6 Å². The van der Waals surface area contributed by atoms with Crippen molar-refractivity contribution >= 4 is 11.7 Å². The normalized spacial score (nSPS) is 15.9. The second kappa shape index (κ2) is 3.75. The highest BCUT2D eigenvalue weighted by Gasteiger charge is 2.30. The van der Waals surface area contributed by atoms with Gasteiger partial charge >= 0.3 is 0 Å². The Morgan fingerprint density at radius 2 is 2.00 bits per heavy atom. The van der Waals surface area contributed by atoms with Gasteiger partial charge in [0.25, 0.3) is 0 Å². The number of nitrogens with zero attached hydrogens (tertiary/aromatic N) is 3. The second-order valence-electron chi connectivity index (χ2n) is 5.62. The van der Waals surface area contributed by atoms with Gasteiger partial charge in [-0.1, -0.05) is 20.8 Å². The highest BCUT2D eigenvalue weighted by molar-refractivity contribution is 5.73. The number of hydrogen-bond donors (Lipinski definition) is 1. The van der Waals surface area contributed by atoms with Crippen LogP contribution < -0.4 is 5.73 Å². The third-order valence-electron chi connectivity index (χ3n) is 3.20. The minimum Gasteiger partial charge on any atom is -0.382 e. The Morgan fingerprint density at radius 1 is 1.35 bits per heavy atom. The summed E-state index contributed by atoms with van der Waals surface area (Å²) in [5, 5.41) is 4.37. The van der Waals surface area contributed by atoms with Crippen LogP contribution >= 0.6 is 0 Å². The van der Waals surface area contributed by atoms with Gasteiger partial charge in [0.15, 0.2) is 0 Å². The molecule has 2 N–H and O–H groups in total. The number of nitrogen functional groups attached to an aromatic ring is 1. The molecule has 0 saturated heterocycles. The van der Waals surface area contributed by atoms with E-state index in [-0.39, 0.29) is 11.3 Å². The van der Waals surface area contributed by atoms with Crippen LogP contribution in [0.15, 0.2) is 0 Å². The predicted octanol–water partition coefficient (Wildman–Crippen LogP) is 1.12. The van der Waals surface area contributed by atoms with E-state index in [0.29, 0.717) is 18.9 Å². The van der Waals surface area contributed by atoms with E-state index in [1.165, 1.54) is 0 Å². The van der Waals surface area contributed by atoms with Crippen LogP contribution in [0.3, 0.4) is 0 Å². The average molecular weight is 236 g/mol. The van der Waals surface area contributed by atoms with Gasteiger partial charge in [0.1, 0.15) is 5.82 Å². The third kappa shape index (κ3) is 2.01. The van der Waals surface area contributed by atoms with Gasteiger partial charge in [-0.3, -0.25) is 9.48 Å². The molecule has 5 nitrogen and oxygen atoms in total. The lowest BCUT2D eigenvalue weighted by Crippen LogP contribution is -2.38. The minimum absolute atomic E-state index is 0.0442. The van der Waals surface area contributed by atoms with Crippen LogP contribution in [0.2, 0.25) is 0 Å². The Hall–Kier alpha value is -1.52. The molecule has 1 aliphatic heterocycles. The summed E-state index contributed by atoms with van der Waals surface area (Å²) in [7, 11) is 0. The zero-order valence-electron chi connectivity index (χ0n) is 10.9. The SMILES string of the molecule is CC(=O)N1CCn2nc(N)c(C(C)(C)C)c2C1. The lowest BCUT2D eigenvalue weighted by Gasteiger charge is -2.29. The monoisotopic (exact) mass is 236 g/mol. The van der Waals surface area contributed by atoms with Crippen LogP contribution in [-0.2, 0) is 23.3 Å². The summed E-state index contributed by atoms with van der Waals surface area (Å²) in [6.45, 7) is 10.0. The van der Waals surface area contributed by atoms with Gasteiger partial charge in [0.05, 0.1) is 18.8 Å². The van der Waals surface area contributed by atoms with Crippen LogP contribution in [-0.4, -0.2) is 27.1 Å². The van der Waals surface area contributed by atoms with Crippen LogP contribution in [0.4, 0.5) is 5.82 Å². The fourth-order valence-corrected chi connectivity index (χ4v) is 2.42. The Kier molecular flexibility index (Phi) is 2.64. The molecule has 17 heavy (non-hydrogen) atoms. The molecule has 2 heterocycles. The van der Waals surface area contributed by atoms with E-state index >= 15 is 0 Å². The van der Waals surface area contributed by atoms with E-state index in [4.69, 9.17) is 5.73 Å². The van der Waals surface area contributed by atoms with Gasteiger partial charge in [-0.15, -0.1) is 0 Å². The van der Waals surface area contributed by atoms with Crippen molar-refractivity contribution in [2.75, 3.05) is 12.3 Å². The van der Waals surface area contributed by atoms with Crippen molar-refractivity contribution in [3.05, 3.63) is 11.3 Å². The summed E-state index contributed by atoms with van der Waals surface area (Å²) in [5.74, 6) is 0.703. The molecule has 0 aromatic carbocycles. The Labute approximate surface area is 102 Å². The van der Waals surface area contributed by atoms with E-state index in [0.717, 1.165) is 17.8 Å². The molecule has 0 radical (unpaired) electrons. The molecule has 0 aliphatic carbocycles. The maximum Gasteiger partial charge on any atom is 0.219 e. The Bertz CT molecular complexity index is 456. The molecule has 1 aliphatic rings. The van der Waals surface area contributed by atoms with E-state index in [9.17, 15) is 4.79 Å². The predicted molar refractivity (Wildman–Crippen MR) is 66.4 cm³/mol. The van der Waals surface area contributed by atoms with Crippen LogP contribution in [0.25, 0.3) is 0 Å². The van der Waals surface area contributed by atoms with E-state index in [1.807, 2.05) is 9.58 Å². The molecule has 0 saturated carbocycles. The number of fused-ring (bicyclic) bond motifs is 1. The van der Waals surface area contributed by atoms with Crippen molar-refractivity contribution in [3.63, 3.8) is 0 Å². The van der Waals surface area contributed by atoms with Gasteiger partial charge in [0.2, 0.25) is 5.91 Å². The number of nitrogens with two attached hydrogens (primary N) is 1. The maximum atomic E-state index is 11.4. The number of hydrogen-bond acceptors (Lipinski definition) is 3. The minimum atomic E-state index is -0.0442. The van der Waals surface area contributed by atoms with E-state index in [2.05, 4.69) is 25.9 Å². The number of carbonyl (C=O) groups is 1. The maximum absolute atomic E-state index is 11.4. The average Bonchev–Trinajstić information content (AvgIpc) is 2.51. The van der Waals surface area contributed by atoms with Crippen molar-refractivity contribution in [1.29, 1.82) is 0 Å². The summed E-state index contributed by atoms with van der Waals surface area (Å²) in [6, 6.07) is 0. The Balaban J connectivity index is 2.45. The lowest BCUT2D eigenvalue weighted by molar-refractivity contribution is -0.130. The fourth-order valence-electron chi connectivity index (χ4n) is 2.42. The summed E-state index contributed by atoms with van der Waals surface area (Å²) >= 11 is 0. The van der Waals surface area contributed by atoms with Crippen molar-refractivity contribution in [3.8, 4) is 0 Å². The van der Waals surface area contributed by atoms with Crippen LogP contribution in [0, 0.1) is 0 Å². The smallest absolute Gasteiger partial charge is 0.219 e. The molecule has 2 rings (SSSR count). The molecule has 0 atom stereocenters. The molecular formula is C12H20N4O. The van der Waals surface area contributed by atoms with Crippen molar-refractivity contribution in [2.45, 2.75) is 46.2 Å². The molecule has 0 fully saturated rings. The first-order valence-corrected chi connectivity index (χ1v) is 5.92. The molecule has 0 bridgehead atoms. The largest absolute Gasteiger partial charge is 0.382 e. The Morgan fingerprint density at radius 3 is 2.53 bits per heavy atom. The summed E-state index contributed by atoms with van der Waals surface area (Å²) in [4.78, 5) is 13.3. The third-order valence-corrected chi connectivity index (χ3v) is 3.20. The van der Waals surface area contributed by atoms with Crippen molar-refractivity contribution in [1.82, 2.24) is 14.7 Å². The number of amides is 1. The summed E-state index contributed by atoms with van der Waals surface area (Å²) in [5.41, 5.74) is 8.10. The zero-order chi connectivity index (χ0) is 12.8. The fraction of sp³-hybridized carbons (Fsp3) is 0.667. The number of anilines is 1. The van der Waals surface area contributed by atoms with Gasteiger partial charge in [0, 0.05) is 19.0 Å². The van der Waals surface area contributed by atoms with Gasteiger partial charge in [-0.25, -0.2) is 0 Å². The first-order valence-electron chi connectivity index (χ1n) is 5.92. The molecule has 1 amide bonds. The summed E-state index contributed by atoms with van der Waals surface area (Å²) < 4.78 is 1.94. The van der Waals surface area contributed by atoms with Crippen LogP contribution in [0.1, 0.15) is 39.0 Å². The second-order valence-corrected chi connectivity index (χ2v) is 5.62. The van der Waals surface area contributed by atoms with Crippen LogP contribution in [0.5, 0.6) is 0 Å². The van der Waals surface area contributed by atoms with Crippen molar-refractivity contribution < 1.29 is 4.79 Å². The first-order chi connectivity index (χ1) is 7.80. The summed E-state index contributed by atoms with van der Waals surface area (Å²) in [6.07, 6.45) is 0. The van der Waals surface area contributed by atoms with Crippen molar-refractivity contribution in [2.24, 2.45) is 0 Å².